The molecule has 2 N–H and O–H groups in total. The fraction of sp³-hybridized carbons (Fsp3) is 0.615. The highest BCUT2D eigenvalue weighted by Crippen LogP contribution is 2.50. The van der Waals surface area contributed by atoms with Crippen molar-refractivity contribution >= 4 is 22.8 Å². The van der Waals surface area contributed by atoms with Crippen LogP contribution in [0.2, 0.25) is 0 Å². The molecule has 1 spiro atoms. The average Bonchev–Trinajstić information content (AvgIpc) is 3.46. The van der Waals surface area contributed by atoms with Gasteiger partial charge in [0.1, 0.15) is 5.75 Å². The van der Waals surface area contributed by atoms with E-state index in [1.807, 2.05) is 29.0 Å². The van der Waals surface area contributed by atoms with Crippen LogP contribution in [-0.2, 0) is 17.3 Å². The zero-order chi connectivity index (χ0) is 24.0. The van der Waals surface area contributed by atoms with E-state index in [-0.39, 0.29) is 30.0 Å². The molecular weight excluding hydrogens is 432 g/mol. The van der Waals surface area contributed by atoms with E-state index >= 15 is 0 Å². The number of urea groups is 1. The van der Waals surface area contributed by atoms with Crippen molar-refractivity contribution in [2.45, 2.75) is 62.9 Å². The van der Waals surface area contributed by atoms with Gasteiger partial charge >= 0.3 is 6.03 Å². The Kier molecular flexibility index (Phi) is 5.96. The molecule has 8 heteroatoms. The van der Waals surface area contributed by atoms with Crippen molar-refractivity contribution in [2.75, 3.05) is 33.4 Å². The average molecular weight is 469 g/mol. The standard InChI is InChI=1S/C26H36N4O4/c1-17(32)29-12-10-26(11-13-29)16-30(25(33)27-18-6-4-5-7-18)22(15-31)24-23(26)20-9-8-19(34-3)14-21(20)28(24)2/h8-9,14,18,22,31H,4-7,10-13,15-16H2,1-3H3,(H,27,33)/t22-/m1/s1. The molecule has 1 aromatic heterocycles. The van der Waals surface area contributed by atoms with Crippen molar-refractivity contribution < 1.29 is 19.4 Å². The summed E-state index contributed by atoms with van der Waals surface area (Å²) in [7, 11) is 3.68. The minimum Gasteiger partial charge on any atom is -0.497 e. The fourth-order valence-corrected chi connectivity index (χ4v) is 6.56. The van der Waals surface area contributed by atoms with Crippen LogP contribution in [0.15, 0.2) is 18.2 Å². The summed E-state index contributed by atoms with van der Waals surface area (Å²) < 4.78 is 7.62. The number of rotatable bonds is 3. The topological polar surface area (TPSA) is 87.0 Å². The van der Waals surface area contributed by atoms with Crippen molar-refractivity contribution in [3.63, 3.8) is 0 Å². The molecule has 3 amide bonds. The van der Waals surface area contributed by atoms with E-state index in [4.69, 9.17) is 4.74 Å². The van der Waals surface area contributed by atoms with E-state index in [9.17, 15) is 14.7 Å². The molecule has 5 rings (SSSR count). The fourth-order valence-electron chi connectivity index (χ4n) is 6.56. The Hall–Kier alpha value is -2.74. The molecule has 3 heterocycles. The van der Waals surface area contributed by atoms with Crippen LogP contribution in [-0.4, -0.2) is 70.8 Å². The van der Waals surface area contributed by atoms with Gasteiger partial charge in [0.15, 0.2) is 0 Å². The third-order valence-corrected chi connectivity index (χ3v) is 8.43. The van der Waals surface area contributed by atoms with Crippen LogP contribution < -0.4 is 10.1 Å². The Morgan fingerprint density at radius 2 is 1.91 bits per heavy atom. The van der Waals surface area contributed by atoms with Gasteiger partial charge in [-0.3, -0.25) is 4.79 Å². The molecule has 1 saturated heterocycles. The number of fused-ring (bicyclic) bond motifs is 4. The van der Waals surface area contributed by atoms with Gasteiger partial charge in [-0.2, -0.15) is 0 Å². The lowest BCUT2D eigenvalue weighted by atomic mass is 9.68. The Balaban J connectivity index is 1.62. The summed E-state index contributed by atoms with van der Waals surface area (Å²) in [5.41, 5.74) is 2.98. The summed E-state index contributed by atoms with van der Waals surface area (Å²) in [5.74, 6) is 0.875. The number of aliphatic hydroxyl groups is 1. The second kappa shape index (κ2) is 8.80. The van der Waals surface area contributed by atoms with Gasteiger partial charge in [0.05, 0.1) is 25.3 Å². The van der Waals surface area contributed by atoms with Gasteiger partial charge in [-0.15, -0.1) is 0 Å². The van der Waals surface area contributed by atoms with E-state index in [0.717, 1.165) is 60.9 Å². The minimum atomic E-state index is -0.420. The summed E-state index contributed by atoms with van der Waals surface area (Å²) in [4.78, 5) is 29.4. The molecule has 1 aromatic carbocycles. The van der Waals surface area contributed by atoms with Crippen LogP contribution in [0, 0.1) is 0 Å². The zero-order valence-corrected chi connectivity index (χ0v) is 20.5. The predicted octanol–water partition coefficient (Wildman–Crippen LogP) is 3.07. The predicted molar refractivity (Wildman–Crippen MR) is 130 cm³/mol. The number of methoxy groups -OCH3 is 1. The monoisotopic (exact) mass is 468 g/mol. The van der Waals surface area contributed by atoms with E-state index in [2.05, 4.69) is 16.0 Å². The zero-order valence-electron chi connectivity index (χ0n) is 20.5. The molecule has 2 aliphatic heterocycles. The summed E-state index contributed by atoms with van der Waals surface area (Å²) in [5, 5.41) is 14.9. The van der Waals surface area contributed by atoms with Crippen molar-refractivity contribution in [2.24, 2.45) is 7.05 Å². The SMILES string of the molecule is COc1ccc2c3c(n(C)c2c1)[C@@H](CO)N(C(=O)NC1CCCC1)CC31CCN(C(C)=O)CC1. The first kappa shape index (κ1) is 23.0. The van der Waals surface area contributed by atoms with Crippen molar-refractivity contribution in [1.82, 2.24) is 19.7 Å². The number of nitrogens with zero attached hydrogens (tertiary/aromatic N) is 3. The number of aliphatic hydroxyl groups excluding tert-OH is 1. The second-order valence-electron chi connectivity index (χ2n) is 10.2. The van der Waals surface area contributed by atoms with Crippen LogP contribution in [0.5, 0.6) is 5.75 Å². The Morgan fingerprint density at radius 1 is 1.21 bits per heavy atom. The third-order valence-electron chi connectivity index (χ3n) is 8.43. The molecule has 1 aliphatic carbocycles. The Morgan fingerprint density at radius 3 is 2.53 bits per heavy atom. The number of piperidine rings is 1. The second-order valence-corrected chi connectivity index (χ2v) is 10.2. The quantitative estimate of drug-likeness (QED) is 0.725. The molecule has 184 valence electrons. The highest BCUT2D eigenvalue weighted by Gasteiger charge is 2.49. The van der Waals surface area contributed by atoms with E-state index in [1.54, 1.807) is 14.0 Å². The van der Waals surface area contributed by atoms with Crippen LogP contribution in [0.25, 0.3) is 10.9 Å². The summed E-state index contributed by atoms with van der Waals surface area (Å²) >= 11 is 0. The van der Waals surface area contributed by atoms with Gasteiger partial charge in [0.2, 0.25) is 5.91 Å². The number of carbonyl (C=O) groups excluding carboxylic acids is 2. The van der Waals surface area contributed by atoms with Crippen molar-refractivity contribution in [3.8, 4) is 5.75 Å². The van der Waals surface area contributed by atoms with Crippen molar-refractivity contribution in [1.29, 1.82) is 0 Å². The molecule has 8 nitrogen and oxygen atoms in total. The molecular formula is C26H36N4O4. The number of amides is 3. The van der Waals surface area contributed by atoms with E-state index in [0.29, 0.717) is 19.6 Å². The molecule has 1 saturated carbocycles. The maximum absolute atomic E-state index is 13.6. The number of ether oxygens (including phenoxy) is 1. The van der Waals surface area contributed by atoms with Gasteiger partial charge in [-0.25, -0.2) is 4.79 Å². The molecule has 3 aliphatic rings. The lowest BCUT2D eigenvalue weighted by Crippen LogP contribution is -2.58. The first-order valence-electron chi connectivity index (χ1n) is 12.5. The number of benzene rings is 1. The highest BCUT2D eigenvalue weighted by molar-refractivity contribution is 5.89. The van der Waals surface area contributed by atoms with Crippen LogP contribution in [0.3, 0.4) is 0 Å². The number of aryl methyl sites for hydroxylation is 1. The Bertz CT molecular complexity index is 1100. The smallest absolute Gasteiger partial charge is 0.318 e. The maximum Gasteiger partial charge on any atom is 0.318 e. The number of hydrogen-bond donors (Lipinski definition) is 2. The lowest BCUT2D eigenvalue weighted by molar-refractivity contribution is -0.130. The van der Waals surface area contributed by atoms with Gasteiger partial charge < -0.3 is 29.5 Å². The van der Waals surface area contributed by atoms with Crippen molar-refractivity contribution in [3.05, 3.63) is 29.5 Å². The number of carbonyl (C=O) groups is 2. The summed E-state index contributed by atoms with van der Waals surface area (Å²) in [6.45, 7) is 3.37. The molecule has 2 fully saturated rings. The van der Waals surface area contributed by atoms with E-state index in [1.165, 1.54) is 5.56 Å². The molecule has 2 aromatic rings. The number of hydrogen-bond acceptors (Lipinski definition) is 4. The third kappa shape index (κ3) is 3.63. The minimum absolute atomic E-state index is 0.0900. The molecule has 0 bridgehead atoms. The molecule has 1 atom stereocenters. The van der Waals surface area contributed by atoms with Gasteiger partial charge in [-0.1, -0.05) is 12.8 Å². The first-order chi connectivity index (χ1) is 16.4. The molecule has 34 heavy (non-hydrogen) atoms. The first-order valence-corrected chi connectivity index (χ1v) is 12.5. The molecule has 0 radical (unpaired) electrons. The Labute approximate surface area is 200 Å². The summed E-state index contributed by atoms with van der Waals surface area (Å²) in [6.07, 6.45) is 5.90. The lowest BCUT2D eigenvalue weighted by Gasteiger charge is -2.50. The number of likely N-dealkylation sites (tertiary alicyclic amines) is 1. The van der Waals surface area contributed by atoms with Gasteiger partial charge in [0.25, 0.3) is 0 Å². The number of nitrogens with one attached hydrogen (secondary N) is 1. The maximum atomic E-state index is 13.6. The number of aromatic nitrogens is 1. The van der Waals surface area contributed by atoms with Crippen LogP contribution >= 0.6 is 0 Å². The molecule has 0 unspecified atom stereocenters. The highest BCUT2D eigenvalue weighted by atomic mass is 16.5. The van der Waals surface area contributed by atoms with Crippen LogP contribution in [0.4, 0.5) is 4.79 Å². The normalized spacial score (nSPS) is 22.3. The van der Waals surface area contributed by atoms with E-state index < -0.39 is 6.04 Å². The largest absolute Gasteiger partial charge is 0.497 e. The van der Waals surface area contributed by atoms with Gasteiger partial charge in [-0.05, 0) is 43.4 Å². The van der Waals surface area contributed by atoms with Gasteiger partial charge in [0, 0.05) is 62.2 Å². The summed E-state index contributed by atoms with van der Waals surface area (Å²) in [6, 6.07) is 5.82. The van der Waals surface area contributed by atoms with Crippen LogP contribution in [0.1, 0.15) is 62.7 Å².